The molecule has 1 aliphatic heterocycles. The molecule has 1 atom stereocenters. The Balaban J connectivity index is 1.33. The minimum atomic E-state index is -3.68. The quantitative estimate of drug-likeness (QED) is 0.197. The van der Waals surface area contributed by atoms with Crippen LogP contribution in [0.5, 0.6) is 17.2 Å². The van der Waals surface area contributed by atoms with Crippen LogP contribution in [0.3, 0.4) is 0 Å². The standard InChI is InChI=1S/C37H41N3O8S/c1-45-33-18-13-28(25-34(33)46-2)19-20-38-37(42)36(30-11-7-4-8-12-30)40(26-29-9-5-3-6-10-29)35(41)27-48-31-14-16-32(17-15-31)49(43,44)39-21-23-47-24-22-39/h3-18,25,36H,19-24,26-27H2,1-2H3,(H,38,42)/t36-/m1/s1. The number of carbonyl (C=O) groups excluding carboxylic acids is 2. The highest BCUT2D eigenvalue weighted by Gasteiger charge is 2.32. The van der Waals surface area contributed by atoms with Crippen LogP contribution in [-0.4, -0.2) is 83.1 Å². The van der Waals surface area contributed by atoms with Gasteiger partial charge in [0, 0.05) is 26.2 Å². The molecule has 1 fully saturated rings. The van der Waals surface area contributed by atoms with Gasteiger partial charge in [0.15, 0.2) is 18.1 Å². The van der Waals surface area contributed by atoms with Gasteiger partial charge in [-0.3, -0.25) is 9.59 Å². The number of methoxy groups -OCH3 is 2. The van der Waals surface area contributed by atoms with Crippen LogP contribution in [-0.2, 0) is 37.3 Å². The first-order valence-corrected chi connectivity index (χ1v) is 17.4. The monoisotopic (exact) mass is 687 g/mol. The van der Waals surface area contributed by atoms with Gasteiger partial charge in [-0.15, -0.1) is 0 Å². The van der Waals surface area contributed by atoms with Gasteiger partial charge in [-0.05, 0) is 59.5 Å². The van der Waals surface area contributed by atoms with Crippen LogP contribution in [0.25, 0.3) is 0 Å². The maximum Gasteiger partial charge on any atom is 0.261 e. The smallest absolute Gasteiger partial charge is 0.261 e. The fraction of sp³-hybridized carbons (Fsp3) is 0.297. The number of hydrogen-bond donors (Lipinski definition) is 1. The maximum atomic E-state index is 14.0. The van der Waals surface area contributed by atoms with Crippen LogP contribution in [0, 0.1) is 0 Å². The molecular weight excluding hydrogens is 646 g/mol. The molecule has 258 valence electrons. The number of benzene rings is 4. The van der Waals surface area contributed by atoms with Gasteiger partial charge in [0.05, 0.1) is 32.3 Å². The molecule has 0 spiro atoms. The van der Waals surface area contributed by atoms with Gasteiger partial charge in [0.25, 0.3) is 5.91 Å². The Bertz CT molecular complexity index is 1780. The molecule has 0 aliphatic carbocycles. The minimum Gasteiger partial charge on any atom is -0.493 e. The first-order chi connectivity index (χ1) is 23.8. The van der Waals surface area contributed by atoms with E-state index < -0.39 is 22.0 Å². The van der Waals surface area contributed by atoms with Crippen LogP contribution in [0.1, 0.15) is 22.7 Å². The van der Waals surface area contributed by atoms with Crippen LogP contribution in [0.15, 0.2) is 108 Å². The summed E-state index contributed by atoms with van der Waals surface area (Å²) in [4.78, 5) is 29.6. The summed E-state index contributed by atoms with van der Waals surface area (Å²) in [7, 11) is -0.530. The van der Waals surface area contributed by atoms with Gasteiger partial charge >= 0.3 is 0 Å². The van der Waals surface area contributed by atoms with Gasteiger partial charge < -0.3 is 29.2 Å². The lowest BCUT2D eigenvalue weighted by Crippen LogP contribution is -2.45. The van der Waals surface area contributed by atoms with Crippen molar-refractivity contribution in [3.05, 3.63) is 120 Å². The van der Waals surface area contributed by atoms with E-state index in [0.29, 0.717) is 62.1 Å². The van der Waals surface area contributed by atoms with Crippen molar-refractivity contribution in [3.63, 3.8) is 0 Å². The fourth-order valence-electron chi connectivity index (χ4n) is 5.55. The zero-order chi connectivity index (χ0) is 34.6. The Morgan fingerprint density at radius 2 is 1.49 bits per heavy atom. The van der Waals surface area contributed by atoms with Gasteiger partial charge in [0.1, 0.15) is 11.8 Å². The van der Waals surface area contributed by atoms with E-state index in [1.165, 1.54) is 33.5 Å². The molecule has 0 bridgehead atoms. The highest BCUT2D eigenvalue weighted by Crippen LogP contribution is 2.28. The molecule has 1 aliphatic rings. The van der Waals surface area contributed by atoms with Crippen LogP contribution in [0.2, 0.25) is 0 Å². The first kappa shape index (κ1) is 35.4. The molecular formula is C37H41N3O8S. The zero-order valence-electron chi connectivity index (χ0n) is 27.6. The van der Waals surface area contributed by atoms with E-state index in [-0.39, 0.29) is 24.0 Å². The molecule has 0 radical (unpaired) electrons. The van der Waals surface area contributed by atoms with E-state index in [2.05, 4.69) is 5.32 Å². The molecule has 0 saturated carbocycles. The highest BCUT2D eigenvalue weighted by atomic mass is 32.2. The molecule has 2 amide bonds. The molecule has 4 aromatic carbocycles. The van der Waals surface area contributed by atoms with Crippen molar-refractivity contribution in [1.29, 1.82) is 0 Å². The van der Waals surface area contributed by atoms with E-state index in [4.69, 9.17) is 18.9 Å². The van der Waals surface area contributed by atoms with Crippen LogP contribution in [0.4, 0.5) is 0 Å². The SMILES string of the molecule is COc1ccc(CCNC(=O)[C@@H](c2ccccc2)N(Cc2ccccc2)C(=O)COc2ccc(S(=O)(=O)N3CCOCC3)cc2)cc1OC. The largest absolute Gasteiger partial charge is 0.493 e. The summed E-state index contributed by atoms with van der Waals surface area (Å²) in [5.41, 5.74) is 2.43. The van der Waals surface area contributed by atoms with E-state index in [1.807, 2.05) is 78.9 Å². The molecule has 11 nitrogen and oxygen atoms in total. The maximum absolute atomic E-state index is 14.0. The second kappa shape index (κ2) is 17.0. The van der Waals surface area contributed by atoms with Crippen molar-refractivity contribution >= 4 is 21.8 Å². The lowest BCUT2D eigenvalue weighted by atomic mass is 10.0. The van der Waals surface area contributed by atoms with Crippen LogP contribution >= 0.6 is 0 Å². The number of rotatable bonds is 15. The van der Waals surface area contributed by atoms with Gasteiger partial charge in [-0.1, -0.05) is 66.7 Å². The third-order valence-corrected chi connectivity index (χ3v) is 10.1. The third kappa shape index (κ3) is 9.17. The number of carbonyl (C=O) groups is 2. The van der Waals surface area contributed by atoms with E-state index in [9.17, 15) is 18.0 Å². The van der Waals surface area contributed by atoms with E-state index >= 15 is 0 Å². The number of amides is 2. The fourth-order valence-corrected chi connectivity index (χ4v) is 6.95. The average molecular weight is 688 g/mol. The molecule has 1 N–H and O–H groups in total. The van der Waals surface area contributed by atoms with E-state index in [1.54, 1.807) is 14.2 Å². The van der Waals surface area contributed by atoms with Crippen molar-refractivity contribution in [1.82, 2.24) is 14.5 Å². The second-order valence-electron chi connectivity index (χ2n) is 11.3. The van der Waals surface area contributed by atoms with Gasteiger partial charge in [-0.25, -0.2) is 8.42 Å². The molecule has 5 rings (SSSR count). The third-order valence-electron chi connectivity index (χ3n) is 8.15. The number of morpholine rings is 1. The Labute approximate surface area is 287 Å². The van der Waals surface area contributed by atoms with Crippen molar-refractivity contribution in [3.8, 4) is 17.2 Å². The predicted molar refractivity (Wildman–Crippen MR) is 184 cm³/mol. The summed E-state index contributed by atoms with van der Waals surface area (Å²) in [6.07, 6.45) is 0.528. The number of nitrogens with zero attached hydrogens (tertiary/aromatic N) is 2. The first-order valence-electron chi connectivity index (χ1n) is 16.0. The highest BCUT2D eigenvalue weighted by molar-refractivity contribution is 7.89. The molecule has 49 heavy (non-hydrogen) atoms. The molecule has 12 heteroatoms. The Morgan fingerprint density at radius 1 is 0.837 bits per heavy atom. The lowest BCUT2D eigenvalue weighted by Gasteiger charge is -2.31. The van der Waals surface area contributed by atoms with Crippen LogP contribution < -0.4 is 19.5 Å². The number of hydrogen-bond acceptors (Lipinski definition) is 8. The van der Waals surface area contributed by atoms with Gasteiger partial charge in [0.2, 0.25) is 15.9 Å². The number of sulfonamides is 1. The minimum absolute atomic E-state index is 0.132. The summed E-state index contributed by atoms with van der Waals surface area (Å²) >= 11 is 0. The second-order valence-corrected chi connectivity index (χ2v) is 13.3. The van der Waals surface area contributed by atoms with Gasteiger partial charge in [-0.2, -0.15) is 4.31 Å². The van der Waals surface area contributed by atoms with Crippen molar-refractivity contribution in [2.75, 3.05) is 53.7 Å². The van der Waals surface area contributed by atoms with E-state index in [0.717, 1.165) is 11.1 Å². The summed E-state index contributed by atoms with van der Waals surface area (Å²) in [5, 5.41) is 3.02. The summed E-state index contributed by atoms with van der Waals surface area (Å²) in [6, 6.07) is 29.2. The molecule has 1 heterocycles. The Morgan fingerprint density at radius 3 is 2.14 bits per heavy atom. The molecule has 0 unspecified atom stereocenters. The normalized spacial score (nSPS) is 14.0. The average Bonchev–Trinajstić information content (AvgIpc) is 3.15. The summed E-state index contributed by atoms with van der Waals surface area (Å²) in [6.45, 7) is 1.38. The number of nitrogens with one attached hydrogen (secondary N) is 1. The molecule has 4 aromatic rings. The van der Waals surface area contributed by atoms with Crippen molar-refractivity contribution in [2.45, 2.75) is 23.9 Å². The zero-order valence-corrected chi connectivity index (χ0v) is 28.4. The topological polar surface area (TPSA) is 124 Å². The summed E-state index contributed by atoms with van der Waals surface area (Å²) in [5.74, 6) is 0.781. The predicted octanol–water partition coefficient (Wildman–Crippen LogP) is 4.23. The molecule has 1 saturated heterocycles. The summed E-state index contributed by atoms with van der Waals surface area (Å²) < 4.78 is 49.3. The van der Waals surface area contributed by atoms with Crippen molar-refractivity contribution in [2.24, 2.45) is 0 Å². The lowest BCUT2D eigenvalue weighted by molar-refractivity contribution is -0.143. The van der Waals surface area contributed by atoms with Crippen molar-refractivity contribution < 1.29 is 37.0 Å². The Kier molecular flexibility index (Phi) is 12.3. The number of ether oxygens (including phenoxy) is 4. The molecule has 0 aromatic heterocycles. The Hall–Kier alpha value is -4.91.